The number of carboxylic acids is 1. The highest BCUT2D eigenvalue weighted by Gasteiger charge is 2.23. The van der Waals surface area contributed by atoms with E-state index in [2.05, 4.69) is 5.32 Å². The normalized spacial score (nSPS) is 12.9. The maximum atomic E-state index is 11.8. The molecular formula is C19H23NO5S. The van der Waals surface area contributed by atoms with E-state index >= 15 is 0 Å². The Morgan fingerprint density at radius 2 is 1.73 bits per heavy atom. The van der Waals surface area contributed by atoms with Gasteiger partial charge in [0.05, 0.1) is 11.2 Å². The molecular weight excluding hydrogens is 354 g/mol. The Hall–Kier alpha value is -2.41. The second kappa shape index (κ2) is 8.31. The van der Waals surface area contributed by atoms with Gasteiger partial charge in [-0.05, 0) is 36.6 Å². The van der Waals surface area contributed by atoms with Gasteiger partial charge in [-0.3, -0.25) is 9.59 Å². The molecule has 0 aliphatic heterocycles. The predicted octanol–water partition coefficient (Wildman–Crippen LogP) is 2.02. The Labute approximate surface area is 153 Å². The largest absolute Gasteiger partial charge is 0.481 e. The molecule has 2 aromatic carbocycles. The summed E-state index contributed by atoms with van der Waals surface area (Å²) in [5, 5.41) is 13.3. The van der Waals surface area contributed by atoms with Gasteiger partial charge >= 0.3 is 5.97 Å². The van der Waals surface area contributed by atoms with E-state index in [1.165, 1.54) is 13.8 Å². The van der Waals surface area contributed by atoms with Crippen LogP contribution in [-0.4, -0.2) is 42.9 Å². The predicted molar refractivity (Wildman–Crippen MR) is 101 cm³/mol. The van der Waals surface area contributed by atoms with Crippen molar-refractivity contribution in [3.8, 4) is 0 Å². The third kappa shape index (κ3) is 5.29. The summed E-state index contributed by atoms with van der Waals surface area (Å²) < 4.78 is 23.5. The fourth-order valence-electron chi connectivity index (χ4n) is 2.53. The summed E-state index contributed by atoms with van der Waals surface area (Å²) in [4.78, 5) is 23.3. The maximum absolute atomic E-state index is 11.8. The van der Waals surface area contributed by atoms with Crippen molar-refractivity contribution in [2.24, 2.45) is 5.92 Å². The molecule has 2 N–H and O–H groups in total. The first kappa shape index (κ1) is 19.9. The summed E-state index contributed by atoms with van der Waals surface area (Å²) in [6.45, 7) is 2.89. The molecule has 26 heavy (non-hydrogen) atoms. The smallest absolute Gasteiger partial charge is 0.308 e. The Morgan fingerprint density at radius 3 is 2.35 bits per heavy atom. The van der Waals surface area contributed by atoms with Crippen molar-refractivity contribution in [3.05, 3.63) is 48.0 Å². The molecule has 7 heteroatoms. The Bertz CT molecular complexity index is 905. The topological polar surface area (TPSA) is 101 Å². The van der Waals surface area contributed by atoms with Crippen molar-refractivity contribution >= 4 is 32.5 Å². The first-order valence-corrected chi connectivity index (χ1v) is 10.1. The summed E-state index contributed by atoms with van der Waals surface area (Å²) >= 11 is 0. The number of carbonyl (C=O) groups is 2. The molecule has 0 aliphatic carbocycles. The number of hydrogen-bond donors (Lipinski definition) is 2. The molecule has 1 atom stereocenters. The van der Waals surface area contributed by atoms with Crippen LogP contribution in [0.3, 0.4) is 0 Å². The molecule has 0 radical (unpaired) electrons. The SMILES string of the molecule is CC(C)S(=O)(=O)CC(=O)NCC(Cc1ccc2ccccc2c1)C(=O)O. The summed E-state index contributed by atoms with van der Waals surface area (Å²) in [5.74, 6) is -3.18. The van der Waals surface area contributed by atoms with Crippen molar-refractivity contribution in [1.29, 1.82) is 0 Å². The highest BCUT2D eigenvalue weighted by Crippen LogP contribution is 2.18. The lowest BCUT2D eigenvalue weighted by Crippen LogP contribution is -2.38. The van der Waals surface area contributed by atoms with Crippen LogP contribution in [0.2, 0.25) is 0 Å². The van der Waals surface area contributed by atoms with Crippen LogP contribution in [0.1, 0.15) is 19.4 Å². The van der Waals surface area contributed by atoms with E-state index in [0.717, 1.165) is 16.3 Å². The van der Waals surface area contributed by atoms with Crippen LogP contribution in [0.25, 0.3) is 10.8 Å². The van der Waals surface area contributed by atoms with E-state index in [4.69, 9.17) is 0 Å². The Kier molecular flexibility index (Phi) is 6.37. The third-order valence-electron chi connectivity index (χ3n) is 4.24. The van der Waals surface area contributed by atoms with Crippen molar-refractivity contribution in [2.45, 2.75) is 25.5 Å². The molecule has 1 unspecified atom stereocenters. The van der Waals surface area contributed by atoms with Gasteiger partial charge in [0.15, 0.2) is 9.84 Å². The molecule has 0 saturated carbocycles. The van der Waals surface area contributed by atoms with Gasteiger partial charge in [-0.1, -0.05) is 42.5 Å². The van der Waals surface area contributed by atoms with E-state index in [9.17, 15) is 23.1 Å². The van der Waals surface area contributed by atoms with Gasteiger partial charge in [0.25, 0.3) is 0 Å². The Morgan fingerprint density at radius 1 is 1.08 bits per heavy atom. The number of sulfone groups is 1. The maximum Gasteiger partial charge on any atom is 0.308 e. The van der Waals surface area contributed by atoms with Crippen molar-refractivity contribution < 1.29 is 23.1 Å². The highest BCUT2D eigenvalue weighted by atomic mass is 32.2. The van der Waals surface area contributed by atoms with Gasteiger partial charge in [0.1, 0.15) is 5.75 Å². The number of benzene rings is 2. The van der Waals surface area contributed by atoms with E-state index < -0.39 is 38.6 Å². The fourth-order valence-corrected chi connectivity index (χ4v) is 3.34. The minimum absolute atomic E-state index is 0.116. The van der Waals surface area contributed by atoms with Gasteiger partial charge in [0, 0.05) is 6.54 Å². The second-order valence-electron chi connectivity index (χ2n) is 6.58. The number of carbonyl (C=O) groups excluding carboxylic acids is 1. The quantitative estimate of drug-likeness (QED) is 0.733. The second-order valence-corrected chi connectivity index (χ2v) is 9.14. The molecule has 6 nitrogen and oxygen atoms in total. The summed E-state index contributed by atoms with van der Waals surface area (Å²) in [7, 11) is -3.51. The number of aliphatic carboxylic acids is 1. The van der Waals surface area contributed by atoms with Gasteiger partial charge < -0.3 is 10.4 Å². The number of fused-ring (bicyclic) bond motifs is 1. The standard InChI is InChI=1S/C19H23NO5S/c1-13(2)26(24,25)12-18(21)20-11-17(19(22)23)10-14-7-8-15-5-3-4-6-16(15)9-14/h3-9,13,17H,10-12H2,1-2H3,(H,20,21)(H,22,23). The zero-order valence-electron chi connectivity index (χ0n) is 14.8. The van der Waals surface area contributed by atoms with Crippen LogP contribution in [0.4, 0.5) is 0 Å². The lowest BCUT2D eigenvalue weighted by Gasteiger charge is -2.14. The first-order chi connectivity index (χ1) is 12.2. The van der Waals surface area contributed by atoms with Crippen molar-refractivity contribution in [3.63, 3.8) is 0 Å². The molecule has 0 aliphatic rings. The molecule has 2 aromatic rings. The molecule has 0 heterocycles. The zero-order valence-corrected chi connectivity index (χ0v) is 15.6. The van der Waals surface area contributed by atoms with E-state index in [0.29, 0.717) is 0 Å². The molecule has 0 spiro atoms. The molecule has 1 amide bonds. The van der Waals surface area contributed by atoms with E-state index in [-0.39, 0.29) is 13.0 Å². The number of carboxylic acid groups (broad SMARTS) is 1. The fraction of sp³-hybridized carbons (Fsp3) is 0.368. The minimum Gasteiger partial charge on any atom is -0.481 e. The van der Waals surface area contributed by atoms with Gasteiger partial charge in [-0.25, -0.2) is 8.42 Å². The van der Waals surface area contributed by atoms with Crippen LogP contribution >= 0.6 is 0 Å². The van der Waals surface area contributed by atoms with Gasteiger partial charge in [-0.2, -0.15) is 0 Å². The van der Waals surface area contributed by atoms with E-state index in [1.807, 2.05) is 42.5 Å². The average molecular weight is 377 g/mol. The Balaban J connectivity index is 2.02. The lowest BCUT2D eigenvalue weighted by atomic mass is 9.97. The molecule has 140 valence electrons. The van der Waals surface area contributed by atoms with Crippen molar-refractivity contribution in [2.75, 3.05) is 12.3 Å². The molecule has 2 rings (SSSR count). The first-order valence-electron chi connectivity index (χ1n) is 8.38. The van der Waals surface area contributed by atoms with E-state index in [1.54, 1.807) is 0 Å². The van der Waals surface area contributed by atoms with Crippen molar-refractivity contribution in [1.82, 2.24) is 5.32 Å². The summed E-state index contributed by atoms with van der Waals surface area (Å²) in [6, 6.07) is 13.5. The van der Waals surface area contributed by atoms with Crippen LogP contribution in [0, 0.1) is 5.92 Å². The highest BCUT2D eigenvalue weighted by molar-refractivity contribution is 7.92. The summed E-state index contributed by atoms with van der Waals surface area (Å²) in [5.41, 5.74) is 0.847. The number of nitrogens with one attached hydrogen (secondary N) is 1. The molecule has 0 saturated heterocycles. The van der Waals surface area contributed by atoms with Crippen LogP contribution in [0.15, 0.2) is 42.5 Å². The number of rotatable bonds is 8. The lowest BCUT2D eigenvalue weighted by molar-refractivity contribution is -0.141. The third-order valence-corrected chi connectivity index (χ3v) is 6.34. The molecule has 0 aromatic heterocycles. The molecule has 0 bridgehead atoms. The molecule has 0 fully saturated rings. The minimum atomic E-state index is -3.51. The zero-order chi connectivity index (χ0) is 19.3. The van der Waals surface area contributed by atoms with Gasteiger partial charge in [0.2, 0.25) is 5.91 Å². The van der Waals surface area contributed by atoms with Gasteiger partial charge in [-0.15, -0.1) is 0 Å². The van der Waals surface area contributed by atoms with Crippen LogP contribution in [-0.2, 0) is 25.8 Å². The number of hydrogen-bond acceptors (Lipinski definition) is 4. The monoisotopic (exact) mass is 377 g/mol. The average Bonchev–Trinajstić information content (AvgIpc) is 2.57. The number of amides is 1. The van der Waals surface area contributed by atoms with Crippen LogP contribution < -0.4 is 5.32 Å². The summed E-state index contributed by atoms with van der Waals surface area (Å²) in [6.07, 6.45) is 0.247. The van der Waals surface area contributed by atoms with Crippen LogP contribution in [0.5, 0.6) is 0 Å².